The van der Waals surface area contributed by atoms with Crippen LogP contribution in [0.3, 0.4) is 0 Å². The molecule has 15 nitrogen and oxygen atoms in total. The molecule has 0 aliphatic carbocycles. The number of nitrogens with one attached hydrogen (secondary N) is 4. The van der Waals surface area contributed by atoms with Gasteiger partial charge in [0, 0.05) is 39.1 Å². The van der Waals surface area contributed by atoms with Crippen molar-refractivity contribution in [3.05, 3.63) is 17.7 Å². The molecule has 5 N–H and O–H groups in total. The van der Waals surface area contributed by atoms with Crippen molar-refractivity contribution in [1.82, 2.24) is 30.5 Å². The smallest absolute Gasteiger partial charge is 0.315 e. The molecule has 0 spiro atoms. The number of rotatable bonds is 17. The summed E-state index contributed by atoms with van der Waals surface area (Å²) in [5, 5.41) is 20.8. The van der Waals surface area contributed by atoms with E-state index in [-0.39, 0.29) is 55.1 Å². The maximum atomic E-state index is 14.4. The maximum absolute atomic E-state index is 14.4. The van der Waals surface area contributed by atoms with Gasteiger partial charge in [-0.1, -0.05) is 55.4 Å². The molecule has 1 fully saturated rings. The second-order valence-corrected chi connectivity index (χ2v) is 18.7. The number of phenolic OH excluding ortho intramolecular Hbond substituents is 1. The van der Waals surface area contributed by atoms with Crippen LogP contribution in [-0.4, -0.2) is 124 Å². The summed E-state index contributed by atoms with van der Waals surface area (Å²) < 4.78 is 63.3. The van der Waals surface area contributed by atoms with Crippen molar-refractivity contribution in [3.8, 4) is 17.2 Å². The molecule has 0 unspecified atom stereocenters. The van der Waals surface area contributed by atoms with Crippen LogP contribution in [-0.2, 0) is 30.8 Å². The minimum Gasteiger partial charge on any atom is -0.502 e. The van der Waals surface area contributed by atoms with Crippen molar-refractivity contribution < 1.29 is 51.0 Å². The first-order valence-electron chi connectivity index (χ1n) is 18.3. The summed E-state index contributed by atoms with van der Waals surface area (Å²) in [4.78, 5) is 56.5. The lowest BCUT2D eigenvalue weighted by Crippen LogP contribution is -2.62. The van der Waals surface area contributed by atoms with E-state index in [4.69, 9.17) is 9.47 Å². The third-order valence-electron chi connectivity index (χ3n) is 9.90. The van der Waals surface area contributed by atoms with Crippen LogP contribution in [0.15, 0.2) is 12.1 Å². The van der Waals surface area contributed by atoms with E-state index in [1.807, 2.05) is 34.6 Å². The van der Waals surface area contributed by atoms with Gasteiger partial charge in [-0.2, -0.15) is 0 Å². The van der Waals surface area contributed by atoms with Crippen molar-refractivity contribution in [3.63, 3.8) is 0 Å². The molecule has 314 valence electrons. The van der Waals surface area contributed by atoms with E-state index < -0.39 is 81.6 Å². The van der Waals surface area contributed by atoms with E-state index >= 15 is 0 Å². The summed E-state index contributed by atoms with van der Waals surface area (Å²) in [6, 6.07) is -2.17. The first kappa shape index (κ1) is 47.2. The third-order valence-corrected chi connectivity index (χ3v) is 11.2. The van der Waals surface area contributed by atoms with Crippen molar-refractivity contribution in [1.29, 1.82) is 0 Å². The molecule has 2 rings (SSSR count). The number of likely N-dealkylation sites (N-methyl/N-ethyl adjacent to an activating group) is 1. The number of sulfonamides is 1. The SMILES string of the molecule is COc1cc(CCNC(=O)[C@H](CC(F)F)NC(=O)[C@@H]2[C@@H](C(C)C)CCN2C(=O)[C@@H](NC(=O)N[C@H](CN(C)S(C)(=O)=O)C(C)(C)C)C(C)(C)C)cc(OC)c1O. The van der Waals surface area contributed by atoms with Gasteiger partial charge in [0.05, 0.1) is 20.5 Å². The Balaban J connectivity index is 2.31. The van der Waals surface area contributed by atoms with Gasteiger partial charge in [0.2, 0.25) is 39.9 Å². The van der Waals surface area contributed by atoms with Crippen molar-refractivity contribution in [2.24, 2.45) is 22.7 Å². The molecular formula is C37H62F2N6O9S. The molecule has 1 heterocycles. The van der Waals surface area contributed by atoms with E-state index in [0.29, 0.717) is 12.0 Å². The highest BCUT2D eigenvalue weighted by Crippen LogP contribution is 2.37. The van der Waals surface area contributed by atoms with E-state index in [1.54, 1.807) is 32.9 Å². The second-order valence-electron chi connectivity index (χ2n) is 16.6. The van der Waals surface area contributed by atoms with Gasteiger partial charge in [-0.25, -0.2) is 26.3 Å². The zero-order valence-electron chi connectivity index (χ0n) is 34.2. The highest BCUT2D eigenvalue weighted by atomic mass is 32.2. The number of alkyl halides is 2. The Bertz CT molecular complexity index is 1590. The molecule has 5 atom stereocenters. The Hall–Kier alpha value is -3.93. The zero-order valence-corrected chi connectivity index (χ0v) is 35.0. The van der Waals surface area contributed by atoms with Crippen LogP contribution in [0.5, 0.6) is 17.2 Å². The number of ether oxygens (including phenoxy) is 2. The minimum absolute atomic E-state index is 0.00417. The van der Waals surface area contributed by atoms with Gasteiger partial charge in [-0.05, 0) is 53.2 Å². The van der Waals surface area contributed by atoms with Gasteiger partial charge in [-0.15, -0.1) is 0 Å². The lowest BCUT2D eigenvalue weighted by Gasteiger charge is -2.38. The average molecular weight is 805 g/mol. The predicted molar refractivity (Wildman–Crippen MR) is 205 cm³/mol. The monoisotopic (exact) mass is 804 g/mol. The van der Waals surface area contributed by atoms with E-state index in [0.717, 1.165) is 10.6 Å². The lowest BCUT2D eigenvalue weighted by molar-refractivity contribution is -0.144. The highest BCUT2D eigenvalue weighted by molar-refractivity contribution is 7.88. The van der Waals surface area contributed by atoms with E-state index in [1.165, 1.54) is 26.2 Å². The molecule has 1 aromatic carbocycles. The number of urea groups is 1. The number of halogens is 2. The number of amides is 5. The molecular weight excluding hydrogens is 743 g/mol. The number of methoxy groups -OCH3 is 2. The van der Waals surface area contributed by atoms with Crippen LogP contribution in [0.1, 0.15) is 73.8 Å². The average Bonchev–Trinajstić information content (AvgIpc) is 3.51. The fourth-order valence-electron chi connectivity index (χ4n) is 6.38. The zero-order chi connectivity index (χ0) is 42.2. The summed E-state index contributed by atoms with van der Waals surface area (Å²) >= 11 is 0. The molecule has 1 aromatic rings. The summed E-state index contributed by atoms with van der Waals surface area (Å²) in [6.07, 6.45) is -2.22. The van der Waals surface area contributed by atoms with E-state index in [2.05, 4.69) is 21.3 Å². The summed E-state index contributed by atoms with van der Waals surface area (Å²) in [5.74, 6) is -2.58. The van der Waals surface area contributed by atoms with Crippen molar-refractivity contribution in [2.45, 2.75) is 105 Å². The van der Waals surface area contributed by atoms with Gasteiger partial charge >= 0.3 is 6.03 Å². The molecule has 0 saturated carbocycles. The molecule has 0 radical (unpaired) electrons. The number of hydrogen-bond acceptors (Lipinski definition) is 9. The minimum atomic E-state index is -3.55. The maximum Gasteiger partial charge on any atom is 0.315 e. The number of aromatic hydroxyl groups is 1. The van der Waals surface area contributed by atoms with Crippen molar-refractivity contribution >= 4 is 33.8 Å². The third kappa shape index (κ3) is 13.4. The molecule has 1 saturated heterocycles. The largest absolute Gasteiger partial charge is 0.502 e. The van der Waals surface area contributed by atoms with Gasteiger partial charge in [-0.3, -0.25) is 14.4 Å². The Morgan fingerprint density at radius 3 is 2.00 bits per heavy atom. The topological polar surface area (TPSA) is 196 Å². The highest BCUT2D eigenvalue weighted by Gasteiger charge is 2.48. The molecule has 18 heteroatoms. The fraction of sp³-hybridized carbons (Fsp3) is 0.730. The fourth-order valence-corrected chi connectivity index (χ4v) is 6.80. The predicted octanol–water partition coefficient (Wildman–Crippen LogP) is 3.10. The summed E-state index contributed by atoms with van der Waals surface area (Å²) in [7, 11) is 0.582. The number of phenols is 1. The van der Waals surface area contributed by atoms with Crippen LogP contribution >= 0.6 is 0 Å². The number of carbonyl (C=O) groups is 4. The van der Waals surface area contributed by atoms with Crippen LogP contribution in [0.4, 0.5) is 13.6 Å². The number of nitrogens with zero attached hydrogens (tertiary/aromatic N) is 2. The van der Waals surface area contributed by atoms with Gasteiger partial charge < -0.3 is 40.7 Å². The lowest BCUT2D eigenvalue weighted by atomic mass is 9.84. The van der Waals surface area contributed by atoms with Gasteiger partial charge in [0.25, 0.3) is 0 Å². The van der Waals surface area contributed by atoms with E-state index in [9.17, 15) is 41.5 Å². The first-order valence-corrected chi connectivity index (χ1v) is 20.2. The first-order chi connectivity index (χ1) is 25.2. The second kappa shape index (κ2) is 19.3. The van der Waals surface area contributed by atoms with Crippen LogP contribution in [0, 0.1) is 22.7 Å². The Labute approximate surface area is 324 Å². The Kier molecular flexibility index (Phi) is 16.6. The molecule has 5 amide bonds. The van der Waals surface area contributed by atoms with Gasteiger partial charge in [0.1, 0.15) is 18.1 Å². The summed E-state index contributed by atoms with van der Waals surface area (Å²) in [6.45, 7) is 14.6. The Morgan fingerprint density at radius 1 is 0.982 bits per heavy atom. The van der Waals surface area contributed by atoms with Gasteiger partial charge in [0.15, 0.2) is 11.5 Å². The molecule has 0 bridgehead atoms. The number of benzene rings is 1. The number of carbonyl (C=O) groups excluding carboxylic acids is 4. The van der Waals surface area contributed by atoms with Crippen molar-refractivity contribution in [2.75, 3.05) is 47.2 Å². The summed E-state index contributed by atoms with van der Waals surface area (Å²) in [5.41, 5.74) is -0.823. The number of likely N-dealkylation sites (tertiary alicyclic amines) is 1. The standard InChI is InChI=1S/C37H62F2N6O9S/c1-21(2)23-14-16-45(34(49)31(37(6,7)8)43-35(50)42-27(36(3,4)5)20-44(9)55(12,51)52)29(23)33(48)41-24(19-28(38)39)32(47)40-15-13-22-17-25(53-10)30(46)26(18-22)54-11/h17-18,21,23-24,27-29,31,46H,13-16,19-20H2,1-12H3,(H,40,47)(H,41,48)(H2,42,43,50)/t23-,24+,27-,29+,31-/m1/s1. The van der Waals surface area contributed by atoms with Crippen LogP contribution < -0.4 is 30.7 Å². The molecule has 0 aromatic heterocycles. The molecule has 1 aliphatic rings. The molecule has 1 aliphatic heterocycles. The Morgan fingerprint density at radius 2 is 1.55 bits per heavy atom. The quantitative estimate of drug-likeness (QED) is 0.157. The number of hydrogen-bond donors (Lipinski definition) is 5. The van der Waals surface area contributed by atoms with Crippen LogP contribution in [0.2, 0.25) is 0 Å². The van der Waals surface area contributed by atoms with Crippen LogP contribution in [0.25, 0.3) is 0 Å². The normalized spacial score (nSPS) is 18.2. The molecule has 55 heavy (non-hydrogen) atoms.